The third-order valence-corrected chi connectivity index (χ3v) is 3.21. The minimum absolute atomic E-state index is 0. The van der Waals surface area contributed by atoms with Gasteiger partial charge >= 0.3 is 12.4 Å². The van der Waals surface area contributed by atoms with E-state index < -0.39 is 36.9 Å². The van der Waals surface area contributed by atoms with Crippen LogP contribution in [0.1, 0.15) is 11.1 Å². The molecule has 0 spiro atoms. The van der Waals surface area contributed by atoms with Gasteiger partial charge in [0.15, 0.2) is 5.96 Å². The van der Waals surface area contributed by atoms with Crippen molar-refractivity contribution in [2.75, 3.05) is 27.2 Å². The van der Waals surface area contributed by atoms with Gasteiger partial charge in [0.05, 0.1) is 12.1 Å². The average Bonchev–Trinajstić information content (AvgIpc) is 2.52. The molecule has 0 radical (unpaired) electrons. The summed E-state index contributed by atoms with van der Waals surface area (Å²) in [7, 11) is 2.40. The van der Waals surface area contributed by atoms with E-state index in [9.17, 15) is 31.1 Å². The lowest BCUT2D eigenvalue weighted by atomic mass is 10.1. The summed E-state index contributed by atoms with van der Waals surface area (Å²) in [4.78, 5) is 15.9. The number of hydrogen-bond donors (Lipinski definition) is 2. The molecule has 0 heterocycles. The van der Waals surface area contributed by atoms with E-state index in [1.807, 2.05) is 0 Å². The molecule has 1 aromatic carbocycles. The van der Waals surface area contributed by atoms with E-state index in [1.54, 1.807) is 0 Å². The van der Waals surface area contributed by atoms with Gasteiger partial charge < -0.3 is 15.5 Å². The molecule has 1 aromatic rings. The molecule has 0 saturated heterocycles. The summed E-state index contributed by atoms with van der Waals surface area (Å²) in [6.45, 7) is -1.67. The first-order chi connectivity index (χ1) is 11.9. The third-order valence-electron chi connectivity index (χ3n) is 3.21. The molecule has 0 aliphatic heterocycles. The summed E-state index contributed by atoms with van der Waals surface area (Å²) >= 11 is 0. The smallest absolute Gasteiger partial charge is 0.352 e. The fourth-order valence-corrected chi connectivity index (χ4v) is 1.87. The molecule has 0 bridgehead atoms. The zero-order valence-corrected chi connectivity index (χ0v) is 16.7. The van der Waals surface area contributed by atoms with Crippen molar-refractivity contribution < 1.29 is 31.1 Å². The number of amides is 1. The number of guanidine groups is 1. The average molecular weight is 512 g/mol. The molecular formula is C15H19F6IN4O. The van der Waals surface area contributed by atoms with Crippen molar-refractivity contribution in [2.24, 2.45) is 4.99 Å². The molecule has 0 unspecified atom stereocenters. The summed E-state index contributed by atoms with van der Waals surface area (Å²) in [6, 6.07) is 4.43. The van der Waals surface area contributed by atoms with Crippen molar-refractivity contribution in [2.45, 2.75) is 18.9 Å². The van der Waals surface area contributed by atoms with E-state index in [0.717, 1.165) is 19.2 Å². The Kier molecular flexibility index (Phi) is 9.89. The number of aliphatic imine (C=N–C) groups is 1. The van der Waals surface area contributed by atoms with Crippen LogP contribution in [0.25, 0.3) is 0 Å². The summed E-state index contributed by atoms with van der Waals surface area (Å²) < 4.78 is 74.1. The summed E-state index contributed by atoms with van der Waals surface area (Å²) in [6.07, 6.45) is -8.92. The number of hydrogen-bond acceptors (Lipinski definition) is 2. The second-order valence-electron chi connectivity index (χ2n) is 5.34. The van der Waals surface area contributed by atoms with Crippen LogP contribution in [0.4, 0.5) is 26.3 Å². The summed E-state index contributed by atoms with van der Waals surface area (Å²) in [5.74, 6) is -0.668. The molecule has 2 N–H and O–H groups in total. The van der Waals surface area contributed by atoms with Crippen molar-refractivity contribution in [1.82, 2.24) is 15.5 Å². The van der Waals surface area contributed by atoms with Crippen LogP contribution < -0.4 is 10.6 Å². The van der Waals surface area contributed by atoms with Gasteiger partial charge in [0.1, 0.15) is 6.54 Å². The van der Waals surface area contributed by atoms with Crippen LogP contribution in [0.15, 0.2) is 29.3 Å². The van der Waals surface area contributed by atoms with Crippen LogP contribution in [0, 0.1) is 0 Å². The molecule has 0 aromatic heterocycles. The molecule has 0 fully saturated rings. The zero-order valence-electron chi connectivity index (χ0n) is 14.4. The number of nitrogens with one attached hydrogen (secondary N) is 2. The van der Waals surface area contributed by atoms with Gasteiger partial charge in [0.2, 0.25) is 5.91 Å². The number of carbonyl (C=O) groups is 1. The number of benzene rings is 1. The molecule has 0 aliphatic carbocycles. The Morgan fingerprint density at radius 2 is 1.63 bits per heavy atom. The lowest BCUT2D eigenvalue weighted by Gasteiger charge is -2.20. The van der Waals surface area contributed by atoms with Crippen LogP contribution in [0.5, 0.6) is 0 Å². The number of nitrogens with zero attached hydrogens (tertiary/aromatic N) is 2. The molecular weight excluding hydrogens is 493 g/mol. The molecule has 0 atom stereocenters. The van der Waals surface area contributed by atoms with Gasteiger partial charge in [-0.25, -0.2) is 0 Å². The normalized spacial score (nSPS) is 12.2. The Morgan fingerprint density at radius 1 is 1.07 bits per heavy atom. The van der Waals surface area contributed by atoms with Crippen molar-refractivity contribution in [3.8, 4) is 0 Å². The Bertz CT molecular complexity index is 631. The van der Waals surface area contributed by atoms with E-state index in [-0.39, 0.29) is 36.5 Å². The summed E-state index contributed by atoms with van der Waals surface area (Å²) in [5.41, 5.74) is -0.247. The van der Waals surface area contributed by atoms with E-state index >= 15 is 0 Å². The predicted octanol–water partition coefficient (Wildman–Crippen LogP) is 3.01. The van der Waals surface area contributed by atoms with E-state index in [1.165, 1.54) is 19.2 Å². The highest BCUT2D eigenvalue weighted by Gasteiger charge is 2.31. The van der Waals surface area contributed by atoms with Crippen LogP contribution in [0.2, 0.25) is 0 Å². The molecule has 1 rings (SSSR count). The van der Waals surface area contributed by atoms with Gasteiger partial charge in [-0.3, -0.25) is 9.79 Å². The monoisotopic (exact) mass is 512 g/mol. The Labute approximate surface area is 169 Å². The Hall–Kier alpha value is -1.73. The highest BCUT2D eigenvalue weighted by Crippen LogP contribution is 2.29. The molecule has 0 saturated carbocycles. The lowest BCUT2D eigenvalue weighted by Crippen LogP contribution is -2.45. The largest absolute Gasteiger partial charge is 0.416 e. The van der Waals surface area contributed by atoms with E-state index in [4.69, 9.17) is 0 Å². The van der Waals surface area contributed by atoms with E-state index in [0.29, 0.717) is 10.5 Å². The second kappa shape index (κ2) is 10.6. The number of halogens is 7. The van der Waals surface area contributed by atoms with Gasteiger partial charge in [-0.15, -0.1) is 24.0 Å². The topological polar surface area (TPSA) is 56.7 Å². The molecule has 1 amide bonds. The second-order valence-corrected chi connectivity index (χ2v) is 5.34. The quantitative estimate of drug-likeness (QED) is 0.276. The van der Waals surface area contributed by atoms with Crippen LogP contribution in [0.3, 0.4) is 0 Å². The van der Waals surface area contributed by atoms with Gasteiger partial charge in [-0.1, -0.05) is 12.1 Å². The van der Waals surface area contributed by atoms with E-state index in [2.05, 4.69) is 15.6 Å². The number of rotatable bonds is 5. The number of carbonyl (C=O) groups excluding carboxylic acids is 1. The minimum atomic E-state index is -4.49. The molecule has 27 heavy (non-hydrogen) atoms. The Morgan fingerprint density at radius 3 is 2.07 bits per heavy atom. The van der Waals surface area contributed by atoms with Crippen molar-refractivity contribution >= 4 is 35.8 Å². The first-order valence-electron chi connectivity index (χ1n) is 7.34. The maximum atomic E-state index is 12.5. The SMILES string of the molecule is CN=C(NCC(=O)N(C)CC(F)(F)F)NCc1ccc(C(F)(F)F)cc1.I. The fraction of sp³-hybridized carbons (Fsp3) is 0.467. The van der Waals surface area contributed by atoms with Crippen LogP contribution in [-0.4, -0.2) is 50.1 Å². The van der Waals surface area contributed by atoms with Crippen molar-refractivity contribution in [3.05, 3.63) is 35.4 Å². The third kappa shape index (κ3) is 9.68. The number of alkyl halides is 6. The zero-order chi connectivity index (χ0) is 20.0. The van der Waals surface area contributed by atoms with Crippen LogP contribution in [-0.2, 0) is 17.5 Å². The number of likely N-dealkylation sites (N-methyl/N-ethyl adjacent to an activating group) is 1. The lowest BCUT2D eigenvalue weighted by molar-refractivity contribution is -0.157. The van der Waals surface area contributed by atoms with Gasteiger partial charge in [-0.2, -0.15) is 26.3 Å². The highest BCUT2D eigenvalue weighted by molar-refractivity contribution is 14.0. The fourth-order valence-electron chi connectivity index (χ4n) is 1.87. The van der Waals surface area contributed by atoms with Gasteiger partial charge in [0.25, 0.3) is 0 Å². The van der Waals surface area contributed by atoms with Gasteiger partial charge in [-0.05, 0) is 17.7 Å². The maximum Gasteiger partial charge on any atom is 0.416 e. The maximum absolute atomic E-state index is 12.5. The predicted molar refractivity (Wildman–Crippen MR) is 98.8 cm³/mol. The van der Waals surface area contributed by atoms with Crippen molar-refractivity contribution in [3.63, 3.8) is 0 Å². The minimum Gasteiger partial charge on any atom is -0.352 e. The molecule has 5 nitrogen and oxygen atoms in total. The standard InChI is InChI=1S/C15H18F6N4O.HI/c1-22-13(24-8-12(26)25(2)9-14(16,17)18)23-7-10-3-5-11(6-4-10)15(19,20)21;/h3-6H,7-9H2,1-2H3,(H2,22,23,24);1H. The first kappa shape index (κ1) is 25.3. The molecule has 12 heteroatoms. The van der Waals surface area contributed by atoms with Crippen LogP contribution >= 0.6 is 24.0 Å². The Balaban J connectivity index is 0.00000676. The molecule has 0 aliphatic rings. The molecule has 154 valence electrons. The van der Waals surface area contributed by atoms with Gasteiger partial charge in [0, 0.05) is 20.6 Å². The van der Waals surface area contributed by atoms with Crippen molar-refractivity contribution in [1.29, 1.82) is 0 Å². The highest BCUT2D eigenvalue weighted by atomic mass is 127. The first-order valence-corrected chi connectivity index (χ1v) is 7.34. The summed E-state index contributed by atoms with van der Waals surface area (Å²) in [5, 5.41) is 5.29.